The van der Waals surface area contributed by atoms with Crippen molar-refractivity contribution in [1.82, 2.24) is 9.78 Å². The molecule has 0 amide bonds. The molecule has 1 aliphatic heterocycles. The lowest BCUT2D eigenvalue weighted by atomic mass is 9.68. The first-order valence-electron chi connectivity index (χ1n) is 9.43. The molecule has 1 atom stereocenters. The summed E-state index contributed by atoms with van der Waals surface area (Å²) < 4.78 is 8.03. The van der Waals surface area contributed by atoms with E-state index in [0.717, 1.165) is 16.8 Å². The summed E-state index contributed by atoms with van der Waals surface area (Å²) in [7, 11) is 0. The highest BCUT2D eigenvalue weighted by atomic mass is 35.5. The van der Waals surface area contributed by atoms with Crippen molar-refractivity contribution in [1.29, 1.82) is 0 Å². The minimum Gasteiger partial charge on any atom is -0.462 e. The summed E-state index contributed by atoms with van der Waals surface area (Å²) in [5.74, 6) is -0.978. The molecule has 0 fully saturated rings. The Morgan fingerprint density at radius 1 is 1.00 bits per heavy atom. The highest BCUT2D eigenvalue weighted by molar-refractivity contribution is 6.32. The number of hydrogen-bond acceptors (Lipinski definition) is 3. The van der Waals surface area contributed by atoms with Crippen LogP contribution in [-0.4, -0.2) is 20.7 Å². The standard InChI is InChI=1S/C23H23ClN2O2/c1-3-22(27)23(18-10-6-4-7-11-18,19-12-8-5-9-13-19)21(24)20(28-22)16-26-17(2)14-15-25-26/h4-15,27H,3,16H2,1-2H3. The molecule has 5 heteroatoms. The SMILES string of the molecule is CCC1(O)OC(Cn2nccc2C)=C(Cl)C1(c1ccccc1)c1ccccc1. The van der Waals surface area contributed by atoms with Crippen molar-refractivity contribution < 1.29 is 9.84 Å². The zero-order chi connectivity index (χ0) is 19.8. The summed E-state index contributed by atoms with van der Waals surface area (Å²) in [4.78, 5) is 0. The highest BCUT2D eigenvalue weighted by Gasteiger charge is 2.61. The molecular formula is C23H23ClN2O2. The van der Waals surface area contributed by atoms with E-state index in [2.05, 4.69) is 5.10 Å². The maximum atomic E-state index is 11.8. The molecule has 0 bridgehead atoms. The Morgan fingerprint density at radius 3 is 2.04 bits per heavy atom. The number of aliphatic hydroxyl groups is 1. The van der Waals surface area contributed by atoms with Gasteiger partial charge in [0.1, 0.15) is 11.2 Å². The van der Waals surface area contributed by atoms with Crippen LogP contribution in [-0.2, 0) is 16.7 Å². The van der Waals surface area contributed by atoms with E-state index in [1.165, 1.54) is 0 Å². The molecule has 2 aromatic carbocycles. The van der Waals surface area contributed by atoms with Gasteiger partial charge >= 0.3 is 0 Å². The lowest BCUT2D eigenvalue weighted by Crippen LogP contribution is -2.50. The molecule has 4 nitrogen and oxygen atoms in total. The van der Waals surface area contributed by atoms with E-state index in [9.17, 15) is 5.11 Å². The number of aryl methyl sites for hydroxylation is 1. The number of aromatic nitrogens is 2. The lowest BCUT2D eigenvalue weighted by Gasteiger charge is -2.41. The Kier molecular flexibility index (Phi) is 4.77. The van der Waals surface area contributed by atoms with Crippen LogP contribution < -0.4 is 0 Å². The van der Waals surface area contributed by atoms with Gasteiger partial charge in [-0.2, -0.15) is 5.10 Å². The van der Waals surface area contributed by atoms with E-state index in [4.69, 9.17) is 16.3 Å². The quantitative estimate of drug-likeness (QED) is 0.678. The fourth-order valence-electron chi connectivity index (χ4n) is 4.09. The van der Waals surface area contributed by atoms with Crippen LogP contribution in [0.5, 0.6) is 0 Å². The Balaban J connectivity index is 1.97. The van der Waals surface area contributed by atoms with Gasteiger partial charge in [-0.3, -0.25) is 4.68 Å². The predicted molar refractivity (Wildman–Crippen MR) is 110 cm³/mol. The van der Waals surface area contributed by atoms with Gasteiger partial charge in [-0.1, -0.05) is 79.2 Å². The normalized spacial score (nSPS) is 21.0. The van der Waals surface area contributed by atoms with Gasteiger partial charge in [0, 0.05) is 18.3 Å². The third kappa shape index (κ3) is 2.67. The van der Waals surface area contributed by atoms with E-state index in [1.807, 2.05) is 85.3 Å². The second-order valence-corrected chi connectivity index (χ2v) is 7.47. The smallest absolute Gasteiger partial charge is 0.226 e. The molecule has 1 aliphatic rings. The summed E-state index contributed by atoms with van der Waals surface area (Å²) in [6.07, 6.45) is 2.11. The van der Waals surface area contributed by atoms with Crippen molar-refractivity contribution >= 4 is 11.6 Å². The van der Waals surface area contributed by atoms with Gasteiger partial charge in [0.2, 0.25) is 5.79 Å². The maximum Gasteiger partial charge on any atom is 0.226 e. The van der Waals surface area contributed by atoms with Crippen molar-refractivity contribution in [3.8, 4) is 0 Å². The van der Waals surface area contributed by atoms with E-state index in [1.54, 1.807) is 6.20 Å². The van der Waals surface area contributed by atoms with E-state index < -0.39 is 11.2 Å². The van der Waals surface area contributed by atoms with Gasteiger partial charge < -0.3 is 9.84 Å². The summed E-state index contributed by atoms with van der Waals surface area (Å²) in [6, 6.07) is 21.6. The van der Waals surface area contributed by atoms with Gasteiger partial charge in [-0.25, -0.2) is 0 Å². The third-order valence-electron chi connectivity index (χ3n) is 5.57. The van der Waals surface area contributed by atoms with Gasteiger partial charge in [0.15, 0.2) is 0 Å². The number of halogens is 1. The van der Waals surface area contributed by atoms with Crippen LogP contribution in [0.4, 0.5) is 0 Å². The predicted octanol–water partition coefficient (Wildman–Crippen LogP) is 4.76. The van der Waals surface area contributed by atoms with Crippen LogP contribution in [0.1, 0.15) is 30.2 Å². The van der Waals surface area contributed by atoms with Crippen molar-refractivity contribution in [2.24, 2.45) is 0 Å². The van der Waals surface area contributed by atoms with Crippen molar-refractivity contribution in [2.75, 3.05) is 0 Å². The Hall–Kier alpha value is -2.56. The second kappa shape index (κ2) is 7.12. The van der Waals surface area contributed by atoms with Crippen LogP contribution in [0.15, 0.2) is 83.7 Å². The summed E-state index contributed by atoms with van der Waals surface area (Å²) in [5, 5.41) is 16.6. The van der Waals surface area contributed by atoms with E-state index in [-0.39, 0.29) is 0 Å². The molecule has 0 spiro atoms. The lowest BCUT2D eigenvalue weighted by molar-refractivity contribution is -0.192. The van der Waals surface area contributed by atoms with Crippen LogP contribution in [0.2, 0.25) is 0 Å². The molecule has 0 saturated carbocycles. The van der Waals surface area contributed by atoms with Crippen LogP contribution in [0.25, 0.3) is 0 Å². The minimum absolute atomic E-state index is 0.362. The number of rotatable bonds is 5. The molecule has 0 saturated heterocycles. The number of nitrogens with zero attached hydrogens (tertiary/aromatic N) is 2. The molecule has 1 N–H and O–H groups in total. The Labute approximate surface area is 170 Å². The van der Waals surface area contributed by atoms with Gasteiger partial charge in [0.25, 0.3) is 0 Å². The second-order valence-electron chi connectivity index (χ2n) is 7.09. The average molecular weight is 395 g/mol. The van der Waals surface area contributed by atoms with Gasteiger partial charge in [-0.15, -0.1) is 0 Å². The monoisotopic (exact) mass is 394 g/mol. The molecule has 1 aromatic heterocycles. The number of ether oxygens (including phenoxy) is 1. The van der Waals surface area contributed by atoms with Gasteiger partial charge in [-0.05, 0) is 24.1 Å². The molecule has 144 valence electrons. The van der Waals surface area contributed by atoms with E-state index in [0.29, 0.717) is 23.8 Å². The Morgan fingerprint density at radius 2 is 1.57 bits per heavy atom. The maximum absolute atomic E-state index is 11.8. The molecule has 2 heterocycles. The topological polar surface area (TPSA) is 47.3 Å². The van der Waals surface area contributed by atoms with E-state index >= 15 is 0 Å². The fraction of sp³-hybridized carbons (Fsp3) is 0.261. The fourth-order valence-corrected chi connectivity index (χ4v) is 4.56. The molecule has 28 heavy (non-hydrogen) atoms. The molecule has 3 aromatic rings. The number of benzene rings is 2. The van der Waals surface area contributed by atoms with Crippen LogP contribution in [0, 0.1) is 6.92 Å². The molecule has 0 radical (unpaired) electrons. The zero-order valence-corrected chi connectivity index (χ0v) is 16.7. The van der Waals surface area contributed by atoms with Crippen LogP contribution >= 0.6 is 11.6 Å². The highest BCUT2D eigenvalue weighted by Crippen LogP contribution is 2.57. The van der Waals surface area contributed by atoms with Gasteiger partial charge in [0.05, 0.1) is 11.6 Å². The summed E-state index contributed by atoms with van der Waals surface area (Å²) in [6.45, 7) is 4.25. The largest absolute Gasteiger partial charge is 0.462 e. The first-order chi connectivity index (χ1) is 13.5. The summed E-state index contributed by atoms with van der Waals surface area (Å²) in [5.41, 5.74) is 1.77. The first kappa shape index (κ1) is 18.8. The van der Waals surface area contributed by atoms with Crippen molar-refractivity contribution in [3.63, 3.8) is 0 Å². The molecule has 4 rings (SSSR count). The first-order valence-corrected chi connectivity index (χ1v) is 9.80. The molecular weight excluding hydrogens is 372 g/mol. The van der Waals surface area contributed by atoms with Crippen molar-refractivity contribution in [3.05, 3.63) is 101 Å². The zero-order valence-electron chi connectivity index (χ0n) is 16.0. The molecule has 0 aliphatic carbocycles. The summed E-state index contributed by atoms with van der Waals surface area (Å²) >= 11 is 7.06. The number of hydrogen-bond donors (Lipinski definition) is 1. The average Bonchev–Trinajstić information content (AvgIpc) is 3.23. The number of allylic oxidation sites excluding steroid dienone is 1. The minimum atomic E-state index is -1.51. The third-order valence-corrected chi connectivity index (χ3v) is 6.06. The van der Waals surface area contributed by atoms with Crippen LogP contribution in [0.3, 0.4) is 0 Å². The molecule has 1 unspecified atom stereocenters. The van der Waals surface area contributed by atoms with Crippen molar-refractivity contribution in [2.45, 2.75) is 38.0 Å². The Bertz CT molecular complexity index is 958.